The fourth-order valence-corrected chi connectivity index (χ4v) is 4.45. The van der Waals surface area contributed by atoms with Crippen LogP contribution < -0.4 is 10.9 Å². The smallest absolute Gasteiger partial charge is 0.267 e. The highest BCUT2D eigenvalue weighted by Gasteiger charge is 2.32. The summed E-state index contributed by atoms with van der Waals surface area (Å²) in [5.74, 6) is 0.168. The van der Waals surface area contributed by atoms with Crippen molar-refractivity contribution in [3.63, 3.8) is 0 Å². The fraction of sp³-hybridized carbons (Fsp3) is 0.429. The number of carbonyl (C=O) groups excluding carboxylic acids is 1. The Morgan fingerprint density at radius 3 is 2.80 bits per heavy atom. The molecule has 3 rings (SSSR count). The second-order valence-corrected chi connectivity index (χ2v) is 8.86. The number of aliphatic hydroxyl groups excluding tert-OH is 1. The molecule has 160 valence electrons. The first-order valence-corrected chi connectivity index (χ1v) is 11.3. The van der Waals surface area contributed by atoms with E-state index in [-0.39, 0.29) is 29.7 Å². The molecule has 1 saturated heterocycles. The van der Waals surface area contributed by atoms with Crippen LogP contribution in [0, 0.1) is 6.92 Å². The van der Waals surface area contributed by atoms with Gasteiger partial charge in [0.05, 0.1) is 23.1 Å². The maximum absolute atomic E-state index is 13.3. The molecule has 2 aromatic heterocycles. The highest BCUT2D eigenvalue weighted by molar-refractivity contribution is 8.26. The van der Waals surface area contributed by atoms with Crippen LogP contribution in [-0.2, 0) is 4.79 Å². The van der Waals surface area contributed by atoms with Crippen LogP contribution >= 0.6 is 24.0 Å². The van der Waals surface area contributed by atoms with Crippen molar-refractivity contribution in [3.8, 4) is 0 Å². The summed E-state index contributed by atoms with van der Waals surface area (Å²) in [5.41, 5.74) is 1.39. The molecule has 1 fully saturated rings. The SMILES string of the molecule is CCCCN1C(=O)/C(=C\c2c(N[C@H](CC)CO)nc3c(C)cccn3c2=O)SC1=S. The van der Waals surface area contributed by atoms with Crippen LogP contribution in [0.2, 0.25) is 0 Å². The first-order valence-electron chi connectivity index (χ1n) is 10.1. The molecule has 0 saturated carbocycles. The van der Waals surface area contributed by atoms with Crippen LogP contribution in [0.4, 0.5) is 5.82 Å². The van der Waals surface area contributed by atoms with Crippen molar-refractivity contribution in [2.75, 3.05) is 18.5 Å². The minimum atomic E-state index is -0.280. The van der Waals surface area contributed by atoms with Crippen LogP contribution in [0.15, 0.2) is 28.0 Å². The van der Waals surface area contributed by atoms with E-state index >= 15 is 0 Å². The number of unbranched alkanes of at least 4 members (excludes halogenated alkanes) is 1. The van der Waals surface area contributed by atoms with Gasteiger partial charge in [0.25, 0.3) is 11.5 Å². The van der Waals surface area contributed by atoms with E-state index in [1.807, 2.05) is 19.9 Å². The molecule has 2 N–H and O–H groups in total. The molecule has 0 spiro atoms. The largest absolute Gasteiger partial charge is 0.394 e. The molecule has 0 bridgehead atoms. The van der Waals surface area contributed by atoms with E-state index < -0.39 is 0 Å². The number of aryl methyl sites for hydroxylation is 1. The topological polar surface area (TPSA) is 86.9 Å². The number of nitrogens with one attached hydrogen (secondary N) is 1. The third kappa shape index (κ3) is 4.43. The molecule has 1 atom stereocenters. The second kappa shape index (κ2) is 9.72. The number of aliphatic hydroxyl groups is 1. The van der Waals surface area contributed by atoms with Gasteiger partial charge in [-0.1, -0.05) is 50.3 Å². The zero-order chi connectivity index (χ0) is 21.8. The molecule has 0 radical (unpaired) electrons. The summed E-state index contributed by atoms with van der Waals surface area (Å²) >= 11 is 6.57. The van der Waals surface area contributed by atoms with Gasteiger partial charge in [-0.15, -0.1) is 0 Å². The summed E-state index contributed by atoms with van der Waals surface area (Å²) < 4.78 is 1.98. The lowest BCUT2D eigenvalue weighted by atomic mass is 10.2. The van der Waals surface area contributed by atoms with Gasteiger partial charge in [0, 0.05) is 12.7 Å². The first-order chi connectivity index (χ1) is 14.4. The monoisotopic (exact) mass is 446 g/mol. The van der Waals surface area contributed by atoms with Gasteiger partial charge < -0.3 is 10.4 Å². The maximum atomic E-state index is 13.3. The number of amides is 1. The first kappa shape index (κ1) is 22.5. The summed E-state index contributed by atoms with van der Waals surface area (Å²) in [6.07, 6.45) is 5.71. The average Bonchev–Trinajstić information content (AvgIpc) is 3.00. The number of carbonyl (C=O) groups is 1. The summed E-state index contributed by atoms with van der Waals surface area (Å²) in [6, 6.07) is 3.41. The molecule has 0 unspecified atom stereocenters. The molecule has 0 aliphatic carbocycles. The van der Waals surface area contributed by atoms with Gasteiger partial charge in [0.1, 0.15) is 15.8 Å². The Balaban J connectivity index is 2.13. The van der Waals surface area contributed by atoms with Gasteiger partial charge in [-0.3, -0.25) is 18.9 Å². The average molecular weight is 447 g/mol. The van der Waals surface area contributed by atoms with E-state index in [1.54, 1.807) is 23.2 Å². The van der Waals surface area contributed by atoms with Crippen molar-refractivity contribution in [3.05, 3.63) is 44.7 Å². The van der Waals surface area contributed by atoms with Crippen LogP contribution in [0.1, 0.15) is 44.2 Å². The number of nitrogens with zero attached hydrogens (tertiary/aromatic N) is 3. The van der Waals surface area contributed by atoms with Gasteiger partial charge in [-0.2, -0.15) is 0 Å². The molecule has 2 aromatic rings. The van der Waals surface area contributed by atoms with Gasteiger partial charge in [-0.25, -0.2) is 4.98 Å². The van der Waals surface area contributed by atoms with Crippen molar-refractivity contribution >= 4 is 51.7 Å². The number of hydrogen-bond acceptors (Lipinski definition) is 7. The lowest BCUT2D eigenvalue weighted by Crippen LogP contribution is -2.29. The predicted molar refractivity (Wildman–Crippen MR) is 126 cm³/mol. The van der Waals surface area contributed by atoms with Crippen molar-refractivity contribution in [2.45, 2.75) is 46.1 Å². The van der Waals surface area contributed by atoms with Crippen LogP contribution in [0.25, 0.3) is 11.7 Å². The van der Waals surface area contributed by atoms with E-state index in [1.165, 1.54) is 16.2 Å². The minimum absolute atomic E-state index is 0.0934. The molecule has 3 heterocycles. The summed E-state index contributed by atoms with van der Waals surface area (Å²) in [6.45, 7) is 6.35. The van der Waals surface area contributed by atoms with Crippen molar-refractivity contribution in [2.24, 2.45) is 0 Å². The Hall–Kier alpha value is -2.23. The lowest BCUT2D eigenvalue weighted by molar-refractivity contribution is -0.122. The number of hydrogen-bond donors (Lipinski definition) is 2. The maximum Gasteiger partial charge on any atom is 0.267 e. The Bertz CT molecular complexity index is 1060. The summed E-state index contributed by atoms with van der Waals surface area (Å²) in [4.78, 5) is 32.8. The fourth-order valence-electron chi connectivity index (χ4n) is 3.16. The summed E-state index contributed by atoms with van der Waals surface area (Å²) in [5, 5.41) is 12.8. The predicted octanol–water partition coefficient (Wildman–Crippen LogP) is 3.19. The van der Waals surface area contributed by atoms with Crippen molar-refractivity contribution in [1.29, 1.82) is 0 Å². The molecule has 9 heteroatoms. The third-order valence-electron chi connectivity index (χ3n) is 5.02. The molecule has 1 aliphatic rings. The van der Waals surface area contributed by atoms with E-state index in [4.69, 9.17) is 12.2 Å². The molecule has 0 aromatic carbocycles. The Labute approximate surface area is 185 Å². The number of fused-ring (bicyclic) bond motifs is 1. The third-order valence-corrected chi connectivity index (χ3v) is 6.40. The zero-order valence-electron chi connectivity index (χ0n) is 17.3. The van der Waals surface area contributed by atoms with Gasteiger partial charge in [0.15, 0.2) is 0 Å². The van der Waals surface area contributed by atoms with Crippen LogP contribution in [0.3, 0.4) is 0 Å². The number of pyridine rings is 1. The van der Waals surface area contributed by atoms with E-state index in [9.17, 15) is 14.7 Å². The number of rotatable bonds is 8. The minimum Gasteiger partial charge on any atom is -0.394 e. The standard InChI is InChI=1S/C21H26N4O3S2/c1-4-6-9-25-20(28)16(30-21(25)29)11-15-17(22-14(5-2)12-26)23-18-13(3)8-7-10-24(18)19(15)27/h7-8,10-11,14,22,26H,4-6,9,12H2,1-3H3/b16-11+/t14-/m1/s1. The highest BCUT2D eigenvalue weighted by Crippen LogP contribution is 2.33. The van der Waals surface area contributed by atoms with Gasteiger partial charge in [-0.05, 0) is 37.5 Å². The number of thiocarbonyl (C=S) groups is 1. The molecule has 1 aliphatic heterocycles. The van der Waals surface area contributed by atoms with Crippen LogP contribution in [0.5, 0.6) is 0 Å². The normalized spacial score (nSPS) is 16.7. The van der Waals surface area contributed by atoms with Crippen molar-refractivity contribution < 1.29 is 9.90 Å². The summed E-state index contributed by atoms with van der Waals surface area (Å²) in [7, 11) is 0. The number of anilines is 1. The van der Waals surface area contributed by atoms with Crippen LogP contribution in [-0.4, -0.2) is 48.8 Å². The number of thioether (sulfide) groups is 1. The van der Waals surface area contributed by atoms with E-state index in [0.717, 1.165) is 18.4 Å². The van der Waals surface area contributed by atoms with Crippen molar-refractivity contribution in [1.82, 2.24) is 14.3 Å². The molecular weight excluding hydrogens is 420 g/mol. The van der Waals surface area contributed by atoms with E-state index in [0.29, 0.717) is 33.7 Å². The molecule has 1 amide bonds. The molecule has 30 heavy (non-hydrogen) atoms. The lowest BCUT2D eigenvalue weighted by Gasteiger charge is -2.17. The van der Waals surface area contributed by atoms with Gasteiger partial charge in [0.2, 0.25) is 0 Å². The Kier molecular flexibility index (Phi) is 7.27. The quantitative estimate of drug-likeness (QED) is 0.476. The molecule has 7 nitrogen and oxygen atoms in total. The Morgan fingerprint density at radius 2 is 2.13 bits per heavy atom. The zero-order valence-corrected chi connectivity index (χ0v) is 19.0. The van der Waals surface area contributed by atoms with E-state index in [2.05, 4.69) is 17.2 Å². The second-order valence-electron chi connectivity index (χ2n) is 7.18. The Morgan fingerprint density at radius 1 is 1.37 bits per heavy atom. The number of aromatic nitrogens is 2. The highest BCUT2D eigenvalue weighted by atomic mass is 32.2. The molecular formula is C21H26N4O3S2. The van der Waals surface area contributed by atoms with Gasteiger partial charge >= 0.3 is 0 Å².